The minimum Gasteiger partial charge on any atom is -0.507 e. The molecular formula is C26H30O7. The average molecular weight is 455 g/mol. The topological polar surface area (TPSA) is 83.5 Å². The Morgan fingerprint density at radius 2 is 1.67 bits per heavy atom. The summed E-state index contributed by atoms with van der Waals surface area (Å²) < 4.78 is 28.3. The van der Waals surface area contributed by atoms with Crippen LogP contribution in [0.15, 0.2) is 42.5 Å². The van der Waals surface area contributed by atoms with Crippen LogP contribution < -0.4 is 14.2 Å². The second kappa shape index (κ2) is 11.2. The number of rotatable bonds is 8. The van der Waals surface area contributed by atoms with Gasteiger partial charge in [0.15, 0.2) is 29.9 Å². The van der Waals surface area contributed by atoms with E-state index in [9.17, 15) is 9.90 Å². The molecule has 2 unspecified atom stereocenters. The lowest BCUT2D eigenvalue weighted by Gasteiger charge is -2.24. The minimum absolute atomic E-state index is 0.133. The van der Waals surface area contributed by atoms with Crippen LogP contribution in [0.2, 0.25) is 0 Å². The number of ether oxygens (including phenoxy) is 5. The molecule has 1 N–H and O–H groups in total. The van der Waals surface area contributed by atoms with E-state index in [-0.39, 0.29) is 29.7 Å². The number of benzene rings is 2. The number of ketones is 1. The molecule has 2 aliphatic rings. The molecule has 0 radical (unpaired) electrons. The average Bonchev–Trinajstić information content (AvgIpc) is 2.84. The molecule has 2 saturated heterocycles. The Hall–Kier alpha value is -3.03. The van der Waals surface area contributed by atoms with E-state index < -0.39 is 0 Å². The third kappa shape index (κ3) is 6.27. The number of hydrogen-bond donors (Lipinski definition) is 1. The van der Waals surface area contributed by atoms with Crippen molar-refractivity contribution >= 4 is 11.9 Å². The largest absolute Gasteiger partial charge is 0.507 e. The van der Waals surface area contributed by atoms with Gasteiger partial charge in [-0.3, -0.25) is 4.79 Å². The van der Waals surface area contributed by atoms with Crippen molar-refractivity contribution < 1.29 is 33.6 Å². The molecule has 33 heavy (non-hydrogen) atoms. The van der Waals surface area contributed by atoms with E-state index in [1.165, 1.54) is 12.1 Å². The van der Waals surface area contributed by atoms with Crippen molar-refractivity contribution in [3.8, 4) is 23.0 Å². The van der Waals surface area contributed by atoms with E-state index in [4.69, 9.17) is 23.7 Å². The Morgan fingerprint density at radius 1 is 0.939 bits per heavy atom. The number of carbonyl (C=O) groups is 1. The van der Waals surface area contributed by atoms with Gasteiger partial charge in [-0.2, -0.15) is 0 Å². The first-order valence-corrected chi connectivity index (χ1v) is 11.4. The number of phenolic OH excluding ortho intramolecular Hbond substituents is 1. The lowest BCUT2D eigenvalue weighted by molar-refractivity contribution is -0.106. The van der Waals surface area contributed by atoms with Crippen LogP contribution in [0.25, 0.3) is 6.08 Å². The van der Waals surface area contributed by atoms with E-state index in [0.717, 1.165) is 44.1 Å². The highest BCUT2D eigenvalue weighted by Crippen LogP contribution is 2.32. The second-order valence-corrected chi connectivity index (χ2v) is 8.11. The zero-order valence-electron chi connectivity index (χ0n) is 18.8. The SMILES string of the molecule is COc1ccc(C=CC(=O)c2ccc(OC3CCCCO3)cc2O)cc1OC1CCCCO1. The van der Waals surface area contributed by atoms with Crippen LogP contribution in [0.3, 0.4) is 0 Å². The molecule has 2 aliphatic heterocycles. The van der Waals surface area contributed by atoms with Gasteiger partial charge in [0, 0.05) is 18.9 Å². The predicted molar refractivity (Wildman–Crippen MR) is 123 cm³/mol. The summed E-state index contributed by atoms with van der Waals surface area (Å²) in [4.78, 5) is 12.7. The number of carbonyl (C=O) groups excluding carboxylic acids is 1. The van der Waals surface area contributed by atoms with Crippen molar-refractivity contribution in [2.45, 2.75) is 51.1 Å². The molecule has 0 saturated carbocycles. The summed E-state index contributed by atoms with van der Waals surface area (Å²) in [6.07, 6.45) is 8.29. The molecule has 7 nitrogen and oxygen atoms in total. The fourth-order valence-corrected chi connectivity index (χ4v) is 3.85. The highest BCUT2D eigenvalue weighted by Gasteiger charge is 2.18. The van der Waals surface area contributed by atoms with Crippen LogP contribution in [0.1, 0.15) is 54.4 Å². The van der Waals surface area contributed by atoms with Crippen molar-refractivity contribution in [2.24, 2.45) is 0 Å². The fourth-order valence-electron chi connectivity index (χ4n) is 3.85. The maximum atomic E-state index is 12.7. The van der Waals surface area contributed by atoms with Crippen molar-refractivity contribution in [3.63, 3.8) is 0 Å². The predicted octanol–water partition coefficient (Wildman–Crippen LogP) is 5.11. The highest BCUT2D eigenvalue weighted by molar-refractivity contribution is 6.08. The van der Waals surface area contributed by atoms with Crippen LogP contribution in [0.4, 0.5) is 0 Å². The normalized spacial score (nSPS) is 21.0. The third-order valence-electron chi connectivity index (χ3n) is 5.65. The van der Waals surface area contributed by atoms with Gasteiger partial charge >= 0.3 is 0 Å². The molecule has 2 aromatic rings. The first-order chi connectivity index (χ1) is 16.1. The van der Waals surface area contributed by atoms with E-state index >= 15 is 0 Å². The van der Waals surface area contributed by atoms with Gasteiger partial charge in [0.2, 0.25) is 0 Å². The summed E-state index contributed by atoms with van der Waals surface area (Å²) in [6, 6.07) is 10.1. The van der Waals surface area contributed by atoms with Gasteiger partial charge in [0.25, 0.3) is 0 Å². The summed E-state index contributed by atoms with van der Waals surface area (Å²) in [5.74, 6) is 1.19. The quantitative estimate of drug-likeness (QED) is 0.438. The van der Waals surface area contributed by atoms with Crippen molar-refractivity contribution in [3.05, 3.63) is 53.6 Å². The van der Waals surface area contributed by atoms with E-state index in [1.54, 1.807) is 31.4 Å². The molecule has 0 aliphatic carbocycles. The van der Waals surface area contributed by atoms with Crippen LogP contribution >= 0.6 is 0 Å². The second-order valence-electron chi connectivity index (χ2n) is 8.11. The van der Waals surface area contributed by atoms with Crippen molar-refractivity contribution in [2.75, 3.05) is 20.3 Å². The Labute approximate surface area is 193 Å². The first kappa shape index (κ1) is 23.1. The zero-order valence-corrected chi connectivity index (χ0v) is 18.8. The molecule has 0 spiro atoms. The number of hydrogen-bond acceptors (Lipinski definition) is 7. The number of allylic oxidation sites excluding steroid dienone is 1. The zero-order chi connectivity index (χ0) is 23.0. The van der Waals surface area contributed by atoms with Crippen LogP contribution in [-0.2, 0) is 9.47 Å². The molecular weight excluding hydrogens is 424 g/mol. The Morgan fingerprint density at radius 3 is 2.30 bits per heavy atom. The number of phenols is 1. The van der Waals surface area contributed by atoms with Gasteiger partial charge in [-0.1, -0.05) is 12.1 Å². The van der Waals surface area contributed by atoms with E-state index in [0.29, 0.717) is 30.5 Å². The van der Waals surface area contributed by atoms with E-state index in [2.05, 4.69) is 0 Å². The fraction of sp³-hybridized carbons (Fsp3) is 0.423. The number of methoxy groups -OCH3 is 1. The van der Waals surface area contributed by atoms with E-state index in [1.807, 2.05) is 12.1 Å². The molecule has 4 rings (SSSR count). The smallest absolute Gasteiger partial charge is 0.200 e. The molecule has 2 heterocycles. The molecule has 0 amide bonds. The summed E-state index contributed by atoms with van der Waals surface area (Å²) in [6.45, 7) is 1.35. The summed E-state index contributed by atoms with van der Waals surface area (Å²) >= 11 is 0. The monoisotopic (exact) mass is 454 g/mol. The van der Waals surface area contributed by atoms with Crippen molar-refractivity contribution in [1.29, 1.82) is 0 Å². The molecule has 2 atom stereocenters. The van der Waals surface area contributed by atoms with Crippen molar-refractivity contribution in [1.82, 2.24) is 0 Å². The molecule has 7 heteroatoms. The van der Waals surface area contributed by atoms with Crippen LogP contribution in [0, 0.1) is 0 Å². The Kier molecular flexibility index (Phi) is 7.86. The van der Waals surface area contributed by atoms with Gasteiger partial charge in [-0.25, -0.2) is 0 Å². The third-order valence-corrected chi connectivity index (χ3v) is 5.65. The van der Waals surface area contributed by atoms with Gasteiger partial charge in [-0.05, 0) is 61.6 Å². The first-order valence-electron chi connectivity index (χ1n) is 11.4. The minimum atomic E-state index is -0.318. The van der Waals surface area contributed by atoms with Crippen LogP contribution in [0.5, 0.6) is 23.0 Å². The highest BCUT2D eigenvalue weighted by atomic mass is 16.7. The summed E-state index contributed by atoms with van der Waals surface area (Å²) in [7, 11) is 1.58. The van der Waals surface area contributed by atoms with Gasteiger partial charge in [-0.15, -0.1) is 0 Å². The lowest BCUT2D eigenvalue weighted by Crippen LogP contribution is -2.25. The molecule has 0 bridgehead atoms. The lowest BCUT2D eigenvalue weighted by atomic mass is 10.1. The molecule has 176 valence electrons. The standard InChI is InChI=1S/C26H30O7/c1-29-23-13-9-18(16-24(23)33-26-7-3-5-15-31-26)8-12-21(27)20-11-10-19(17-22(20)28)32-25-6-2-4-14-30-25/h8-13,16-17,25-26,28H,2-7,14-15H2,1H3. The number of aromatic hydroxyl groups is 1. The molecule has 2 fully saturated rings. The Balaban J connectivity index is 1.42. The van der Waals surface area contributed by atoms with Crippen LogP contribution in [-0.4, -0.2) is 43.8 Å². The summed E-state index contributed by atoms with van der Waals surface area (Å²) in [5, 5.41) is 10.4. The summed E-state index contributed by atoms with van der Waals surface area (Å²) in [5.41, 5.74) is 0.965. The Bertz CT molecular complexity index is 973. The molecule has 0 aromatic heterocycles. The van der Waals surface area contributed by atoms with Gasteiger partial charge < -0.3 is 28.8 Å². The molecule has 2 aromatic carbocycles. The van der Waals surface area contributed by atoms with Gasteiger partial charge in [0.05, 0.1) is 25.9 Å². The van der Waals surface area contributed by atoms with Gasteiger partial charge in [0.1, 0.15) is 11.5 Å². The maximum Gasteiger partial charge on any atom is 0.200 e. The maximum absolute atomic E-state index is 12.7.